The fourth-order valence-electron chi connectivity index (χ4n) is 3.86. The molecule has 4 N–H and O–H groups in total. The molecule has 176 valence electrons. The maximum Gasteiger partial charge on any atom is 0.282 e. The van der Waals surface area contributed by atoms with Crippen LogP contribution in [0.25, 0.3) is 11.2 Å². The molecular weight excluding hydrogens is 462 g/mol. The highest BCUT2D eigenvalue weighted by molar-refractivity contribution is 7.99. The van der Waals surface area contributed by atoms with Crippen LogP contribution in [0.1, 0.15) is 24.4 Å². The molecular formula is C25H23N7O2S. The summed E-state index contributed by atoms with van der Waals surface area (Å²) in [7, 11) is 0. The van der Waals surface area contributed by atoms with E-state index in [1.54, 1.807) is 33.5 Å². The van der Waals surface area contributed by atoms with Crippen molar-refractivity contribution in [3.05, 3.63) is 94.9 Å². The van der Waals surface area contributed by atoms with Crippen LogP contribution in [0.3, 0.4) is 0 Å². The molecule has 10 heteroatoms. The Morgan fingerprint density at radius 2 is 1.89 bits per heavy atom. The van der Waals surface area contributed by atoms with Crippen molar-refractivity contribution < 1.29 is 5.11 Å². The highest BCUT2D eigenvalue weighted by Gasteiger charge is 2.21. The Labute approximate surface area is 205 Å². The van der Waals surface area contributed by atoms with Gasteiger partial charge < -0.3 is 16.2 Å². The first-order chi connectivity index (χ1) is 16.9. The van der Waals surface area contributed by atoms with Crippen LogP contribution in [-0.4, -0.2) is 29.3 Å². The number of hydrogen-bond donors (Lipinski definition) is 3. The maximum absolute atomic E-state index is 13.6. The van der Waals surface area contributed by atoms with Gasteiger partial charge in [-0.3, -0.25) is 9.36 Å². The first-order valence-corrected chi connectivity index (χ1v) is 11.7. The molecule has 1 unspecified atom stereocenters. The van der Waals surface area contributed by atoms with E-state index in [0.29, 0.717) is 33.6 Å². The van der Waals surface area contributed by atoms with Crippen molar-refractivity contribution in [2.45, 2.75) is 29.7 Å². The molecule has 0 saturated carbocycles. The number of nitrogen functional groups attached to an aromatic ring is 1. The second-order valence-electron chi connectivity index (χ2n) is 8.03. The Kier molecular flexibility index (Phi) is 5.87. The Bertz CT molecular complexity index is 1580. The largest absolute Gasteiger partial charge is 0.508 e. The van der Waals surface area contributed by atoms with E-state index in [9.17, 15) is 9.90 Å². The predicted octanol–water partition coefficient (Wildman–Crippen LogP) is 4.20. The number of para-hydroxylation sites is 1. The van der Waals surface area contributed by atoms with Gasteiger partial charge >= 0.3 is 0 Å². The van der Waals surface area contributed by atoms with Crippen LogP contribution >= 0.6 is 11.8 Å². The number of nitrogens with two attached hydrogens (primary N) is 1. The van der Waals surface area contributed by atoms with E-state index in [2.05, 4.69) is 15.3 Å². The first-order valence-electron chi connectivity index (χ1n) is 10.9. The van der Waals surface area contributed by atoms with E-state index in [0.717, 1.165) is 10.5 Å². The summed E-state index contributed by atoms with van der Waals surface area (Å²) in [5.41, 5.74) is 8.13. The number of fused-ring (bicyclic) bond motifs is 1. The molecule has 3 heterocycles. The molecule has 0 aliphatic heterocycles. The number of anilines is 2. The molecule has 35 heavy (non-hydrogen) atoms. The van der Waals surface area contributed by atoms with Crippen molar-refractivity contribution in [3.8, 4) is 11.4 Å². The Balaban J connectivity index is 1.59. The van der Waals surface area contributed by atoms with Crippen molar-refractivity contribution in [2.75, 3.05) is 11.1 Å². The van der Waals surface area contributed by atoms with Gasteiger partial charge in [-0.25, -0.2) is 14.5 Å². The number of aromatic nitrogens is 5. The smallest absolute Gasteiger partial charge is 0.282 e. The van der Waals surface area contributed by atoms with Gasteiger partial charge in [-0.05, 0) is 55.8 Å². The predicted molar refractivity (Wildman–Crippen MR) is 136 cm³/mol. The van der Waals surface area contributed by atoms with Crippen LogP contribution in [0.2, 0.25) is 0 Å². The summed E-state index contributed by atoms with van der Waals surface area (Å²) in [6.45, 7) is 3.80. The standard InChI is InChI=1S/C25H23N7O2S/c1-15-11-12-31-20(15)25(34)32(17-7-4-3-5-8-17)24(30-31)16(2)29-23-21(22(26)27-14-28-23)35-19-10-6-9-18(33)13-19/h3-14,16,33H,1-2H3,(H3,26,27,28,29). The van der Waals surface area contributed by atoms with Crippen molar-refractivity contribution in [3.63, 3.8) is 0 Å². The third-order valence-electron chi connectivity index (χ3n) is 5.54. The van der Waals surface area contributed by atoms with Gasteiger partial charge in [0.05, 0.1) is 16.6 Å². The highest BCUT2D eigenvalue weighted by atomic mass is 32.2. The molecule has 1 atom stereocenters. The number of nitrogens with one attached hydrogen (secondary N) is 1. The molecule has 0 fully saturated rings. The zero-order valence-corrected chi connectivity index (χ0v) is 19.9. The number of phenolic OH excluding ortho intramolecular Hbond substituents is 1. The maximum atomic E-state index is 13.6. The molecule has 5 rings (SSSR count). The van der Waals surface area contributed by atoms with E-state index in [1.807, 2.05) is 56.3 Å². The molecule has 0 aliphatic carbocycles. The number of benzene rings is 2. The van der Waals surface area contributed by atoms with Crippen LogP contribution in [0.15, 0.2) is 87.8 Å². The van der Waals surface area contributed by atoms with Crippen molar-refractivity contribution in [2.24, 2.45) is 0 Å². The van der Waals surface area contributed by atoms with Crippen molar-refractivity contribution in [1.29, 1.82) is 0 Å². The monoisotopic (exact) mass is 485 g/mol. The molecule has 0 spiro atoms. The molecule has 0 amide bonds. The lowest BCUT2D eigenvalue weighted by Gasteiger charge is -2.21. The number of nitrogens with zero attached hydrogens (tertiary/aromatic N) is 5. The topological polar surface area (TPSA) is 123 Å². The molecule has 0 radical (unpaired) electrons. The summed E-state index contributed by atoms with van der Waals surface area (Å²) in [5, 5.41) is 18.0. The van der Waals surface area contributed by atoms with E-state index in [-0.39, 0.29) is 11.3 Å². The summed E-state index contributed by atoms with van der Waals surface area (Å²) in [4.78, 5) is 23.5. The Hall–Kier alpha value is -4.31. The minimum atomic E-state index is -0.423. The minimum Gasteiger partial charge on any atom is -0.508 e. The minimum absolute atomic E-state index is 0.152. The fourth-order valence-corrected chi connectivity index (χ4v) is 4.79. The molecule has 0 saturated heterocycles. The van der Waals surface area contributed by atoms with Gasteiger partial charge in [0.25, 0.3) is 5.56 Å². The fraction of sp³-hybridized carbons (Fsp3) is 0.120. The van der Waals surface area contributed by atoms with E-state index >= 15 is 0 Å². The normalized spacial score (nSPS) is 12.1. The van der Waals surface area contributed by atoms with Crippen LogP contribution in [-0.2, 0) is 0 Å². The van der Waals surface area contributed by atoms with Gasteiger partial charge in [0.2, 0.25) is 0 Å². The second-order valence-corrected chi connectivity index (χ2v) is 9.11. The van der Waals surface area contributed by atoms with Gasteiger partial charge in [-0.15, -0.1) is 0 Å². The zero-order chi connectivity index (χ0) is 24.5. The number of hydrogen-bond acceptors (Lipinski definition) is 8. The third kappa shape index (κ3) is 4.31. The van der Waals surface area contributed by atoms with Gasteiger partial charge in [0.1, 0.15) is 29.2 Å². The average molecular weight is 486 g/mol. The second kappa shape index (κ2) is 9.15. The van der Waals surface area contributed by atoms with Gasteiger partial charge in [0, 0.05) is 11.1 Å². The van der Waals surface area contributed by atoms with Gasteiger partial charge in [-0.1, -0.05) is 36.0 Å². The number of rotatable bonds is 6. The van der Waals surface area contributed by atoms with E-state index < -0.39 is 6.04 Å². The van der Waals surface area contributed by atoms with Gasteiger partial charge in [-0.2, -0.15) is 5.10 Å². The Morgan fingerprint density at radius 1 is 1.09 bits per heavy atom. The Morgan fingerprint density at radius 3 is 2.66 bits per heavy atom. The quantitative estimate of drug-likeness (QED) is 0.327. The lowest BCUT2D eigenvalue weighted by Crippen LogP contribution is -2.29. The first kappa shape index (κ1) is 22.5. The van der Waals surface area contributed by atoms with Crippen molar-refractivity contribution >= 4 is 28.9 Å². The molecule has 0 bridgehead atoms. The van der Waals surface area contributed by atoms with Crippen LogP contribution in [0.4, 0.5) is 11.6 Å². The lowest BCUT2D eigenvalue weighted by atomic mass is 10.2. The molecule has 9 nitrogen and oxygen atoms in total. The highest BCUT2D eigenvalue weighted by Crippen LogP contribution is 2.37. The summed E-state index contributed by atoms with van der Waals surface area (Å²) < 4.78 is 3.23. The van der Waals surface area contributed by atoms with Crippen LogP contribution in [0.5, 0.6) is 5.75 Å². The summed E-state index contributed by atoms with van der Waals surface area (Å²) in [5.74, 6) is 1.46. The van der Waals surface area contributed by atoms with Crippen LogP contribution < -0.4 is 16.6 Å². The van der Waals surface area contributed by atoms with Gasteiger partial charge in [0.15, 0.2) is 5.82 Å². The van der Waals surface area contributed by atoms with E-state index in [4.69, 9.17) is 10.8 Å². The number of aromatic hydroxyl groups is 1. The molecule has 0 aliphatic rings. The van der Waals surface area contributed by atoms with E-state index in [1.165, 1.54) is 18.1 Å². The summed E-state index contributed by atoms with van der Waals surface area (Å²) >= 11 is 1.34. The third-order valence-corrected chi connectivity index (χ3v) is 6.63. The van der Waals surface area contributed by atoms with Crippen molar-refractivity contribution in [1.82, 2.24) is 24.1 Å². The lowest BCUT2D eigenvalue weighted by molar-refractivity contribution is 0.474. The average Bonchev–Trinajstić information content (AvgIpc) is 3.22. The zero-order valence-electron chi connectivity index (χ0n) is 19.1. The van der Waals surface area contributed by atoms with Crippen LogP contribution in [0, 0.1) is 6.92 Å². The SMILES string of the molecule is Cc1ccn2nc(C(C)Nc3ncnc(N)c3Sc3cccc(O)c3)n(-c3ccccc3)c(=O)c12. The summed E-state index contributed by atoms with van der Waals surface area (Å²) in [6.07, 6.45) is 3.16. The summed E-state index contributed by atoms with van der Waals surface area (Å²) in [6, 6.07) is 17.7. The molecule has 5 aromatic rings. The molecule has 3 aromatic heterocycles. The number of phenols is 1. The number of aryl methyl sites for hydroxylation is 1. The molecule has 2 aromatic carbocycles.